The van der Waals surface area contributed by atoms with Crippen molar-refractivity contribution in [1.29, 1.82) is 0 Å². The standard InChI is InChI=1S/C14H18N4O2/c1-10(2)20-14(19)11-4-6-12(7-5-11)15-8-13-9-16-17-18(13)3/h4-7,9-10,15H,8H2,1-3H3. The first-order valence-corrected chi connectivity index (χ1v) is 6.44. The number of aryl methyl sites for hydroxylation is 1. The molecule has 0 fully saturated rings. The van der Waals surface area contributed by atoms with E-state index in [4.69, 9.17) is 4.74 Å². The SMILES string of the molecule is CC(C)OC(=O)c1ccc(NCc2cnnn2C)cc1. The summed E-state index contributed by atoms with van der Waals surface area (Å²) in [6.07, 6.45) is 1.60. The number of hydrogen-bond donors (Lipinski definition) is 1. The number of nitrogens with one attached hydrogen (secondary N) is 1. The van der Waals surface area contributed by atoms with E-state index in [1.807, 2.05) is 33.0 Å². The van der Waals surface area contributed by atoms with Crippen molar-refractivity contribution in [2.75, 3.05) is 5.32 Å². The van der Waals surface area contributed by atoms with Crippen LogP contribution in [0.3, 0.4) is 0 Å². The van der Waals surface area contributed by atoms with E-state index in [1.54, 1.807) is 23.0 Å². The predicted octanol–water partition coefficient (Wildman–Crippen LogP) is 1.99. The van der Waals surface area contributed by atoms with Gasteiger partial charge in [-0.2, -0.15) is 0 Å². The second-order valence-corrected chi connectivity index (χ2v) is 4.73. The lowest BCUT2D eigenvalue weighted by Crippen LogP contribution is -2.11. The molecule has 0 atom stereocenters. The van der Waals surface area contributed by atoms with Crippen LogP contribution in [0.2, 0.25) is 0 Å². The van der Waals surface area contributed by atoms with Gasteiger partial charge in [0.15, 0.2) is 0 Å². The first-order chi connectivity index (χ1) is 9.56. The van der Waals surface area contributed by atoms with Crippen LogP contribution in [0.4, 0.5) is 5.69 Å². The fourth-order valence-corrected chi connectivity index (χ4v) is 1.67. The zero-order valence-corrected chi connectivity index (χ0v) is 11.8. The molecular weight excluding hydrogens is 256 g/mol. The monoisotopic (exact) mass is 274 g/mol. The fourth-order valence-electron chi connectivity index (χ4n) is 1.67. The molecule has 1 aromatic heterocycles. The Morgan fingerprint density at radius 1 is 1.35 bits per heavy atom. The first kappa shape index (κ1) is 14.0. The van der Waals surface area contributed by atoms with Crippen LogP contribution in [0.1, 0.15) is 29.9 Å². The lowest BCUT2D eigenvalue weighted by atomic mass is 10.2. The Morgan fingerprint density at radius 3 is 2.60 bits per heavy atom. The molecule has 0 radical (unpaired) electrons. The van der Waals surface area contributed by atoms with E-state index in [-0.39, 0.29) is 12.1 Å². The van der Waals surface area contributed by atoms with Crippen LogP contribution in [-0.2, 0) is 18.3 Å². The summed E-state index contributed by atoms with van der Waals surface area (Å²) in [7, 11) is 1.84. The van der Waals surface area contributed by atoms with Gasteiger partial charge in [0.2, 0.25) is 0 Å². The Morgan fingerprint density at radius 2 is 2.05 bits per heavy atom. The largest absolute Gasteiger partial charge is 0.459 e. The quantitative estimate of drug-likeness (QED) is 0.844. The third-order valence-electron chi connectivity index (χ3n) is 2.75. The number of ether oxygens (including phenoxy) is 1. The van der Waals surface area contributed by atoms with E-state index in [0.29, 0.717) is 12.1 Å². The average Bonchev–Trinajstić information content (AvgIpc) is 2.82. The Balaban J connectivity index is 1.95. The molecule has 20 heavy (non-hydrogen) atoms. The molecular formula is C14H18N4O2. The van der Waals surface area contributed by atoms with Crippen LogP contribution < -0.4 is 5.32 Å². The highest BCUT2D eigenvalue weighted by Crippen LogP contribution is 2.12. The summed E-state index contributed by atoms with van der Waals surface area (Å²) >= 11 is 0. The van der Waals surface area contributed by atoms with Crippen LogP contribution in [0, 0.1) is 0 Å². The summed E-state index contributed by atoms with van der Waals surface area (Å²) in [5.41, 5.74) is 2.45. The highest BCUT2D eigenvalue weighted by Gasteiger charge is 2.08. The average molecular weight is 274 g/mol. The fraction of sp³-hybridized carbons (Fsp3) is 0.357. The molecule has 0 spiro atoms. The van der Waals surface area contributed by atoms with Gasteiger partial charge in [0.25, 0.3) is 0 Å². The molecule has 1 N–H and O–H groups in total. The topological polar surface area (TPSA) is 69.0 Å². The lowest BCUT2D eigenvalue weighted by molar-refractivity contribution is 0.0378. The van der Waals surface area contributed by atoms with Crippen molar-refractivity contribution in [3.8, 4) is 0 Å². The molecule has 0 bridgehead atoms. The van der Waals surface area contributed by atoms with E-state index in [1.165, 1.54) is 0 Å². The molecule has 0 amide bonds. The number of rotatable bonds is 5. The highest BCUT2D eigenvalue weighted by atomic mass is 16.5. The predicted molar refractivity (Wildman–Crippen MR) is 75.3 cm³/mol. The second-order valence-electron chi connectivity index (χ2n) is 4.73. The smallest absolute Gasteiger partial charge is 0.338 e. The molecule has 0 aliphatic rings. The summed E-state index contributed by atoms with van der Waals surface area (Å²) in [4.78, 5) is 11.7. The maximum atomic E-state index is 11.7. The van der Waals surface area contributed by atoms with E-state index in [9.17, 15) is 4.79 Å². The van der Waals surface area contributed by atoms with Crippen molar-refractivity contribution in [2.45, 2.75) is 26.5 Å². The van der Waals surface area contributed by atoms with Crippen LogP contribution in [0.25, 0.3) is 0 Å². The number of benzene rings is 1. The molecule has 0 saturated heterocycles. The van der Waals surface area contributed by atoms with Gasteiger partial charge >= 0.3 is 5.97 Å². The summed E-state index contributed by atoms with van der Waals surface area (Å²) < 4.78 is 6.84. The second kappa shape index (κ2) is 6.18. The molecule has 0 aliphatic heterocycles. The molecule has 6 nitrogen and oxygen atoms in total. The van der Waals surface area contributed by atoms with Gasteiger partial charge in [-0.3, -0.25) is 4.68 Å². The number of hydrogen-bond acceptors (Lipinski definition) is 5. The Hall–Kier alpha value is -2.37. The van der Waals surface area contributed by atoms with Gasteiger partial charge in [0, 0.05) is 12.7 Å². The highest BCUT2D eigenvalue weighted by molar-refractivity contribution is 5.89. The summed E-state index contributed by atoms with van der Waals surface area (Å²) in [5, 5.41) is 10.9. The normalized spacial score (nSPS) is 10.6. The van der Waals surface area contributed by atoms with E-state index < -0.39 is 0 Å². The molecule has 106 valence electrons. The van der Waals surface area contributed by atoms with Gasteiger partial charge < -0.3 is 10.1 Å². The Labute approximate surface area is 117 Å². The molecule has 2 rings (SSSR count). The third-order valence-corrected chi connectivity index (χ3v) is 2.75. The maximum Gasteiger partial charge on any atom is 0.338 e. The number of esters is 1. The van der Waals surface area contributed by atoms with Crippen LogP contribution in [0.5, 0.6) is 0 Å². The van der Waals surface area contributed by atoms with Crippen molar-refractivity contribution < 1.29 is 9.53 Å². The number of aromatic nitrogens is 3. The van der Waals surface area contributed by atoms with Gasteiger partial charge in [0.05, 0.1) is 30.1 Å². The minimum absolute atomic E-state index is 0.113. The number of nitrogens with zero attached hydrogens (tertiary/aromatic N) is 3. The van der Waals surface area contributed by atoms with Gasteiger partial charge in [-0.05, 0) is 38.1 Å². The summed E-state index contributed by atoms with van der Waals surface area (Å²) in [6.45, 7) is 4.28. The van der Waals surface area contributed by atoms with Crippen LogP contribution >= 0.6 is 0 Å². The van der Waals surface area contributed by atoms with Crippen molar-refractivity contribution in [3.05, 3.63) is 41.7 Å². The lowest BCUT2D eigenvalue weighted by Gasteiger charge is -2.09. The van der Waals surface area contributed by atoms with Gasteiger partial charge in [-0.25, -0.2) is 4.79 Å². The number of anilines is 1. The summed E-state index contributed by atoms with van der Waals surface area (Å²) in [6, 6.07) is 7.19. The maximum absolute atomic E-state index is 11.7. The van der Waals surface area contributed by atoms with Crippen molar-refractivity contribution in [3.63, 3.8) is 0 Å². The summed E-state index contributed by atoms with van der Waals surface area (Å²) in [5.74, 6) is -0.303. The molecule has 0 unspecified atom stereocenters. The third kappa shape index (κ3) is 3.57. The molecule has 2 aromatic rings. The molecule has 6 heteroatoms. The van der Waals surface area contributed by atoms with E-state index >= 15 is 0 Å². The Kier molecular flexibility index (Phi) is 4.34. The van der Waals surface area contributed by atoms with Gasteiger partial charge in [0.1, 0.15) is 0 Å². The molecule has 0 saturated carbocycles. The first-order valence-electron chi connectivity index (χ1n) is 6.44. The van der Waals surface area contributed by atoms with E-state index in [0.717, 1.165) is 11.4 Å². The van der Waals surface area contributed by atoms with Gasteiger partial charge in [-0.1, -0.05) is 5.21 Å². The number of carbonyl (C=O) groups is 1. The van der Waals surface area contributed by atoms with Crippen molar-refractivity contribution in [2.24, 2.45) is 7.05 Å². The van der Waals surface area contributed by atoms with Gasteiger partial charge in [-0.15, -0.1) is 5.10 Å². The molecule has 1 heterocycles. The van der Waals surface area contributed by atoms with Crippen molar-refractivity contribution in [1.82, 2.24) is 15.0 Å². The molecule has 0 aliphatic carbocycles. The number of carbonyl (C=O) groups excluding carboxylic acids is 1. The zero-order valence-electron chi connectivity index (χ0n) is 11.8. The minimum atomic E-state index is -0.303. The zero-order chi connectivity index (χ0) is 14.5. The Bertz CT molecular complexity index is 575. The van der Waals surface area contributed by atoms with Crippen LogP contribution in [0.15, 0.2) is 30.5 Å². The molecule has 1 aromatic carbocycles. The minimum Gasteiger partial charge on any atom is -0.459 e. The van der Waals surface area contributed by atoms with Crippen molar-refractivity contribution >= 4 is 11.7 Å². The van der Waals surface area contributed by atoms with E-state index in [2.05, 4.69) is 15.6 Å². The van der Waals surface area contributed by atoms with Crippen LogP contribution in [-0.4, -0.2) is 27.1 Å².